The molecular weight excluding hydrogens is 320 g/mol. The number of carbonyl (C=O) groups excluding carboxylic acids is 2. The van der Waals surface area contributed by atoms with E-state index in [4.69, 9.17) is 0 Å². The molecule has 1 N–H and O–H groups in total. The molecule has 0 aliphatic carbocycles. The first-order valence-electron chi connectivity index (χ1n) is 8.25. The number of rotatable bonds is 3. The molecule has 2 amide bonds. The number of aryl methyl sites for hydroxylation is 2. The Kier molecular flexibility index (Phi) is 5.00. The number of thiophene rings is 1. The molecule has 1 aromatic heterocycles. The number of hydrogen-bond acceptors (Lipinski definition) is 3. The summed E-state index contributed by atoms with van der Waals surface area (Å²) in [5.74, 6) is -0.107. The second-order valence-electron chi connectivity index (χ2n) is 6.38. The fraction of sp³-hybridized carbons (Fsp3) is 0.368. The molecule has 0 unspecified atom stereocenters. The van der Waals surface area contributed by atoms with E-state index in [-0.39, 0.29) is 17.7 Å². The van der Waals surface area contributed by atoms with E-state index in [1.807, 2.05) is 54.5 Å². The van der Waals surface area contributed by atoms with Gasteiger partial charge in [0, 0.05) is 18.8 Å². The Bertz CT molecular complexity index is 740. The van der Waals surface area contributed by atoms with E-state index in [9.17, 15) is 9.59 Å². The minimum absolute atomic E-state index is 0.00683. The zero-order valence-corrected chi connectivity index (χ0v) is 14.9. The fourth-order valence-electron chi connectivity index (χ4n) is 3.04. The molecule has 5 heteroatoms. The highest BCUT2D eigenvalue weighted by molar-refractivity contribution is 7.12. The van der Waals surface area contributed by atoms with E-state index in [1.165, 1.54) is 11.3 Å². The van der Waals surface area contributed by atoms with Gasteiger partial charge >= 0.3 is 0 Å². The average molecular weight is 342 g/mol. The van der Waals surface area contributed by atoms with Gasteiger partial charge in [0.05, 0.1) is 10.8 Å². The van der Waals surface area contributed by atoms with E-state index < -0.39 is 0 Å². The van der Waals surface area contributed by atoms with Crippen LogP contribution in [0.1, 0.15) is 33.6 Å². The van der Waals surface area contributed by atoms with Crippen molar-refractivity contribution in [1.82, 2.24) is 4.90 Å². The molecule has 1 aliphatic rings. The minimum Gasteiger partial charge on any atom is -0.337 e. The normalized spacial score (nSPS) is 17.6. The van der Waals surface area contributed by atoms with E-state index in [0.717, 1.165) is 41.1 Å². The van der Waals surface area contributed by atoms with Crippen LogP contribution in [0.3, 0.4) is 0 Å². The molecule has 1 saturated heterocycles. The van der Waals surface area contributed by atoms with Gasteiger partial charge in [-0.2, -0.15) is 0 Å². The molecule has 4 nitrogen and oxygen atoms in total. The van der Waals surface area contributed by atoms with Crippen molar-refractivity contribution in [3.63, 3.8) is 0 Å². The van der Waals surface area contributed by atoms with Crippen molar-refractivity contribution in [3.8, 4) is 0 Å². The Morgan fingerprint density at radius 2 is 2.08 bits per heavy atom. The zero-order chi connectivity index (χ0) is 17.1. The molecular formula is C19H22N2O2S. The van der Waals surface area contributed by atoms with Gasteiger partial charge in [-0.15, -0.1) is 11.3 Å². The number of piperidine rings is 1. The van der Waals surface area contributed by atoms with Crippen molar-refractivity contribution in [2.24, 2.45) is 5.92 Å². The molecule has 1 aliphatic heterocycles. The first-order chi connectivity index (χ1) is 11.5. The Morgan fingerprint density at radius 1 is 1.25 bits per heavy atom. The zero-order valence-electron chi connectivity index (χ0n) is 14.0. The lowest BCUT2D eigenvalue weighted by molar-refractivity contribution is -0.121. The summed E-state index contributed by atoms with van der Waals surface area (Å²) >= 11 is 1.45. The SMILES string of the molecule is Cc1ccc(C)c(NC(=O)[C@@H]2CCCN(C(=O)c3cccs3)C2)c1. The van der Waals surface area contributed by atoms with Gasteiger partial charge < -0.3 is 10.2 Å². The number of benzene rings is 1. The highest BCUT2D eigenvalue weighted by Gasteiger charge is 2.29. The lowest BCUT2D eigenvalue weighted by Gasteiger charge is -2.32. The Morgan fingerprint density at radius 3 is 2.83 bits per heavy atom. The molecule has 1 atom stereocenters. The summed E-state index contributed by atoms with van der Waals surface area (Å²) in [6.45, 7) is 5.22. The summed E-state index contributed by atoms with van der Waals surface area (Å²) in [4.78, 5) is 27.7. The lowest BCUT2D eigenvalue weighted by atomic mass is 9.96. The van der Waals surface area contributed by atoms with Gasteiger partial charge in [0.1, 0.15) is 0 Å². The van der Waals surface area contributed by atoms with Crippen LogP contribution in [-0.2, 0) is 4.79 Å². The third kappa shape index (κ3) is 3.67. The van der Waals surface area contributed by atoms with Crippen LogP contribution < -0.4 is 5.32 Å². The standard InChI is InChI=1S/C19H22N2O2S/c1-13-7-8-14(2)16(11-13)20-18(22)15-5-3-9-21(12-15)19(23)17-6-4-10-24-17/h4,6-8,10-11,15H,3,5,9,12H2,1-2H3,(H,20,22)/t15-/m1/s1. The Hall–Kier alpha value is -2.14. The number of likely N-dealkylation sites (tertiary alicyclic amines) is 1. The minimum atomic E-state index is -0.150. The van der Waals surface area contributed by atoms with Crippen LogP contribution in [0.4, 0.5) is 5.69 Å². The summed E-state index contributed by atoms with van der Waals surface area (Å²) in [6, 6.07) is 9.76. The maximum Gasteiger partial charge on any atom is 0.263 e. The topological polar surface area (TPSA) is 49.4 Å². The quantitative estimate of drug-likeness (QED) is 0.921. The average Bonchev–Trinajstić information content (AvgIpc) is 3.12. The van der Waals surface area contributed by atoms with E-state index in [1.54, 1.807) is 0 Å². The highest BCUT2D eigenvalue weighted by Crippen LogP contribution is 2.23. The van der Waals surface area contributed by atoms with Crippen LogP contribution in [0.25, 0.3) is 0 Å². The monoisotopic (exact) mass is 342 g/mol. The van der Waals surface area contributed by atoms with Crippen LogP contribution in [-0.4, -0.2) is 29.8 Å². The molecule has 0 saturated carbocycles. The lowest BCUT2D eigenvalue weighted by Crippen LogP contribution is -2.43. The third-order valence-electron chi connectivity index (χ3n) is 4.46. The number of nitrogens with zero attached hydrogens (tertiary/aromatic N) is 1. The maximum atomic E-state index is 12.6. The van der Waals surface area contributed by atoms with Crippen molar-refractivity contribution in [3.05, 3.63) is 51.7 Å². The molecule has 3 rings (SSSR count). The van der Waals surface area contributed by atoms with Crippen LogP contribution in [0.5, 0.6) is 0 Å². The first kappa shape index (κ1) is 16.7. The van der Waals surface area contributed by atoms with Gasteiger partial charge in [0.25, 0.3) is 5.91 Å². The molecule has 1 fully saturated rings. The molecule has 0 spiro atoms. The van der Waals surface area contributed by atoms with Crippen LogP contribution in [0.15, 0.2) is 35.7 Å². The van der Waals surface area contributed by atoms with E-state index in [2.05, 4.69) is 5.32 Å². The molecule has 2 heterocycles. The predicted molar refractivity (Wildman–Crippen MR) is 97.5 cm³/mol. The van der Waals surface area contributed by atoms with Crippen molar-refractivity contribution in [2.45, 2.75) is 26.7 Å². The summed E-state index contributed by atoms with van der Waals surface area (Å²) in [6.07, 6.45) is 1.69. The number of amides is 2. The summed E-state index contributed by atoms with van der Waals surface area (Å²) in [5.41, 5.74) is 3.03. The van der Waals surface area contributed by atoms with E-state index in [0.29, 0.717) is 6.54 Å². The molecule has 0 bridgehead atoms. The largest absolute Gasteiger partial charge is 0.337 e. The molecule has 24 heavy (non-hydrogen) atoms. The second kappa shape index (κ2) is 7.18. The van der Waals surface area contributed by atoms with Gasteiger partial charge in [0.2, 0.25) is 5.91 Å². The van der Waals surface area contributed by atoms with Crippen molar-refractivity contribution in [2.75, 3.05) is 18.4 Å². The second-order valence-corrected chi connectivity index (χ2v) is 7.32. The van der Waals surface area contributed by atoms with Gasteiger partial charge in [-0.3, -0.25) is 9.59 Å². The molecule has 126 valence electrons. The Balaban J connectivity index is 1.67. The van der Waals surface area contributed by atoms with Gasteiger partial charge in [-0.05, 0) is 55.3 Å². The van der Waals surface area contributed by atoms with Crippen molar-refractivity contribution < 1.29 is 9.59 Å². The highest BCUT2D eigenvalue weighted by atomic mass is 32.1. The number of anilines is 1. The molecule has 0 radical (unpaired) electrons. The van der Waals surface area contributed by atoms with Crippen LogP contribution >= 0.6 is 11.3 Å². The number of hydrogen-bond donors (Lipinski definition) is 1. The van der Waals surface area contributed by atoms with Crippen molar-refractivity contribution in [1.29, 1.82) is 0 Å². The first-order valence-corrected chi connectivity index (χ1v) is 9.13. The summed E-state index contributed by atoms with van der Waals surface area (Å²) in [5, 5.41) is 4.95. The Labute approximate surface area is 146 Å². The van der Waals surface area contributed by atoms with Gasteiger partial charge in [-0.1, -0.05) is 18.2 Å². The number of nitrogens with one attached hydrogen (secondary N) is 1. The van der Waals surface area contributed by atoms with Gasteiger partial charge in [0.15, 0.2) is 0 Å². The smallest absolute Gasteiger partial charge is 0.263 e. The summed E-state index contributed by atoms with van der Waals surface area (Å²) in [7, 11) is 0. The predicted octanol–water partition coefficient (Wildman–Crippen LogP) is 3.86. The molecule has 1 aromatic carbocycles. The van der Waals surface area contributed by atoms with Crippen LogP contribution in [0.2, 0.25) is 0 Å². The third-order valence-corrected chi connectivity index (χ3v) is 5.32. The van der Waals surface area contributed by atoms with Gasteiger partial charge in [-0.25, -0.2) is 0 Å². The van der Waals surface area contributed by atoms with Crippen molar-refractivity contribution >= 4 is 28.8 Å². The fourth-order valence-corrected chi connectivity index (χ4v) is 3.73. The maximum absolute atomic E-state index is 12.6. The van der Waals surface area contributed by atoms with E-state index >= 15 is 0 Å². The summed E-state index contributed by atoms with van der Waals surface area (Å²) < 4.78 is 0. The van der Waals surface area contributed by atoms with Crippen LogP contribution in [0, 0.1) is 19.8 Å². The molecule has 2 aromatic rings. The number of carbonyl (C=O) groups is 2.